The molecule has 8 nitrogen and oxygen atoms in total. The van der Waals surface area contributed by atoms with Crippen LogP contribution < -0.4 is 10.1 Å². The van der Waals surface area contributed by atoms with E-state index in [1.165, 1.54) is 6.26 Å². The topological polar surface area (TPSA) is 90.9 Å². The van der Waals surface area contributed by atoms with Crippen LogP contribution in [0.1, 0.15) is 61.6 Å². The molecule has 8 heteroatoms. The second-order valence-electron chi connectivity index (χ2n) is 8.72. The number of carbonyl (C=O) groups excluding carboxylic acids is 1. The molecule has 2 unspecified atom stereocenters. The Balaban J connectivity index is 1.45. The summed E-state index contributed by atoms with van der Waals surface area (Å²) in [6.07, 6.45) is 5.23. The number of pyridine rings is 1. The zero-order valence-electron chi connectivity index (χ0n) is 17.6. The first-order chi connectivity index (χ1) is 14.4. The Morgan fingerprint density at radius 1 is 1.20 bits per heavy atom. The Morgan fingerprint density at radius 3 is 2.63 bits per heavy atom. The number of rotatable bonds is 6. The highest BCUT2D eigenvalue weighted by atomic mass is 16.5. The van der Waals surface area contributed by atoms with Gasteiger partial charge in [0.05, 0.1) is 25.0 Å². The van der Waals surface area contributed by atoms with E-state index in [0.717, 1.165) is 24.6 Å². The zero-order valence-corrected chi connectivity index (χ0v) is 17.6. The number of ether oxygens (including phenoxy) is 2. The molecule has 1 N–H and O–H groups in total. The molecule has 1 aliphatic heterocycles. The van der Waals surface area contributed by atoms with Gasteiger partial charge in [0.1, 0.15) is 23.3 Å². The van der Waals surface area contributed by atoms with Gasteiger partial charge in [-0.05, 0) is 25.7 Å². The molecule has 1 amide bonds. The molecule has 1 aliphatic carbocycles. The van der Waals surface area contributed by atoms with E-state index in [2.05, 4.69) is 10.3 Å². The normalized spacial score (nSPS) is 22.7. The summed E-state index contributed by atoms with van der Waals surface area (Å²) in [5.41, 5.74) is 2.68. The third-order valence-corrected chi connectivity index (χ3v) is 5.73. The van der Waals surface area contributed by atoms with E-state index in [-0.39, 0.29) is 23.6 Å². The second kappa shape index (κ2) is 7.12. The van der Waals surface area contributed by atoms with Crippen LogP contribution in [0, 0.1) is 11.8 Å². The third-order valence-electron chi connectivity index (χ3n) is 5.73. The summed E-state index contributed by atoms with van der Waals surface area (Å²) in [6.45, 7) is 9.47. The maximum atomic E-state index is 12.8. The fourth-order valence-corrected chi connectivity index (χ4v) is 4.16. The van der Waals surface area contributed by atoms with Crippen molar-refractivity contribution in [2.45, 2.75) is 45.6 Å². The summed E-state index contributed by atoms with van der Waals surface area (Å²) in [4.78, 5) is 21.8. The summed E-state index contributed by atoms with van der Waals surface area (Å²) < 4.78 is 18.8. The lowest BCUT2D eigenvalue weighted by molar-refractivity contribution is 0.102. The first kappa shape index (κ1) is 19.1. The molecule has 0 aromatic carbocycles. The number of carbonyl (C=O) groups is 1. The molecule has 158 valence electrons. The van der Waals surface area contributed by atoms with E-state index in [9.17, 15) is 4.79 Å². The number of hydrogen-bond acceptors (Lipinski definition) is 6. The van der Waals surface area contributed by atoms with Crippen molar-refractivity contribution in [2.75, 3.05) is 18.5 Å². The standard InChI is InChI=1S/C22H26N4O4/c1-11(2)22-25-17(10-29-22)21(27)24-15-6-26-7-16(20-13-8-28-9-14(13)20)23-19(26)5-18(15)30-12(3)4/h5-7,10-14,20H,8-9H2,1-4H3,(H,24,27). The van der Waals surface area contributed by atoms with E-state index in [1.807, 2.05) is 50.6 Å². The quantitative estimate of drug-likeness (QED) is 0.664. The van der Waals surface area contributed by atoms with E-state index in [1.54, 1.807) is 0 Å². The van der Waals surface area contributed by atoms with Crippen LogP contribution in [0.4, 0.5) is 5.69 Å². The first-order valence-electron chi connectivity index (χ1n) is 10.4. The van der Waals surface area contributed by atoms with Crippen molar-refractivity contribution in [3.05, 3.63) is 42.0 Å². The fourth-order valence-electron chi connectivity index (χ4n) is 4.16. The molecule has 5 rings (SSSR count). The minimum absolute atomic E-state index is 0.0444. The van der Waals surface area contributed by atoms with E-state index in [0.29, 0.717) is 35.1 Å². The van der Waals surface area contributed by atoms with E-state index in [4.69, 9.17) is 18.9 Å². The second-order valence-corrected chi connectivity index (χ2v) is 8.72. The number of oxazole rings is 1. The van der Waals surface area contributed by atoms with Crippen molar-refractivity contribution < 1.29 is 18.7 Å². The molecular weight excluding hydrogens is 384 g/mol. The summed E-state index contributed by atoms with van der Waals surface area (Å²) in [6, 6.07) is 1.87. The third kappa shape index (κ3) is 3.35. The van der Waals surface area contributed by atoms with Gasteiger partial charge in [0.2, 0.25) is 0 Å². The van der Waals surface area contributed by atoms with Crippen molar-refractivity contribution in [2.24, 2.45) is 11.8 Å². The van der Waals surface area contributed by atoms with Crippen LogP contribution in [0.3, 0.4) is 0 Å². The Morgan fingerprint density at radius 2 is 1.97 bits per heavy atom. The minimum atomic E-state index is -0.340. The van der Waals surface area contributed by atoms with Crippen molar-refractivity contribution in [3.8, 4) is 5.75 Å². The maximum absolute atomic E-state index is 12.8. The van der Waals surface area contributed by atoms with Crippen molar-refractivity contribution >= 4 is 17.2 Å². The fraction of sp³-hybridized carbons (Fsp3) is 0.500. The van der Waals surface area contributed by atoms with Gasteiger partial charge in [0.15, 0.2) is 11.6 Å². The number of imidazole rings is 1. The lowest BCUT2D eigenvalue weighted by Gasteiger charge is -2.15. The molecule has 0 spiro atoms. The first-order valence-corrected chi connectivity index (χ1v) is 10.4. The van der Waals surface area contributed by atoms with Crippen LogP contribution in [0.5, 0.6) is 5.75 Å². The smallest absolute Gasteiger partial charge is 0.277 e. The number of nitrogens with one attached hydrogen (secondary N) is 1. The number of fused-ring (bicyclic) bond motifs is 2. The molecule has 1 saturated heterocycles. The van der Waals surface area contributed by atoms with Crippen molar-refractivity contribution in [3.63, 3.8) is 0 Å². The number of hydrogen-bond donors (Lipinski definition) is 1. The largest absolute Gasteiger partial charge is 0.489 e. The Labute approximate surface area is 174 Å². The molecule has 3 aromatic heterocycles. The molecule has 3 aromatic rings. The molecule has 30 heavy (non-hydrogen) atoms. The van der Waals surface area contributed by atoms with Crippen LogP contribution in [0.2, 0.25) is 0 Å². The van der Waals surface area contributed by atoms with Gasteiger partial charge >= 0.3 is 0 Å². The maximum Gasteiger partial charge on any atom is 0.277 e. The molecule has 0 radical (unpaired) electrons. The van der Waals surface area contributed by atoms with Gasteiger partial charge in [-0.15, -0.1) is 0 Å². The summed E-state index contributed by atoms with van der Waals surface area (Å²) in [5, 5.41) is 2.92. The predicted octanol–water partition coefficient (Wildman–Crippen LogP) is 3.85. The van der Waals surface area contributed by atoms with Gasteiger partial charge in [0, 0.05) is 30.3 Å². The number of nitrogens with zero attached hydrogens (tertiary/aromatic N) is 3. The van der Waals surface area contributed by atoms with Crippen LogP contribution >= 0.6 is 0 Å². The number of amides is 1. The Bertz CT molecular complexity index is 1090. The van der Waals surface area contributed by atoms with Gasteiger partial charge in [-0.2, -0.15) is 0 Å². The van der Waals surface area contributed by atoms with Crippen molar-refractivity contribution in [1.82, 2.24) is 14.4 Å². The van der Waals surface area contributed by atoms with Gasteiger partial charge in [-0.25, -0.2) is 9.97 Å². The number of anilines is 1. The Hall–Kier alpha value is -2.87. The predicted molar refractivity (Wildman–Crippen MR) is 110 cm³/mol. The summed E-state index contributed by atoms with van der Waals surface area (Å²) in [7, 11) is 0. The van der Waals surface area contributed by atoms with Crippen LogP contribution in [0.15, 0.2) is 29.1 Å². The molecule has 2 atom stereocenters. The van der Waals surface area contributed by atoms with Gasteiger partial charge < -0.3 is 23.6 Å². The summed E-state index contributed by atoms with van der Waals surface area (Å²) in [5.74, 6) is 2.52. The van der Waals surface area contributed by atoms with Gasteiger partial charge in [-0.1, -0.05) is 13.8 Å². The van der Waals surface area contributed by atoms with Crippen LogP contribution in [-0.4, -0.2) is 39.6 Å². The molecule has 1 saturated carbocycles. The average Bonchev–Trinajstić information content (AvgIpc) is 3.16. The number of aromatic nitrogens is 3. The molecule has 2 fully saturated rings. The van der Waals surface area contributed by atoms with Crippen LogP contribution in [0.25, 0.3) is 5.65 Å². The molecular formula is C22H26N4O4. The SMILES string of the molecule is CC(C)Oc1cc2nc(C3C4COCC43)cn2cc1NC(=O)c1coc(C(C)C)n1. The van der Waals surface area contributed by atoms with E-state index >= 15 is 0 Å². The average molecular weight is 410 g/mol. The highest BCUT2D eigenvalue weighted by Crippen LogP contribution is 2.57. The molecule has 0 bridgehead atoms. The minimum Gasteiger partial charge on any atom is -0.489 e. The molecule has 2 aliphatic rings. The van der Waals surface area contributed by atoms with E-state index < -0.39 is 0 Å². The lowest BCUT2D eigenvalue weighted by Crippen LogP contribution is -2.15. The van der Waals surface area contributed by atoms with Crippen LogP contribution in [-0.2, 0) is 4.74 Å². The lowest BCUT2D eigenvalue weighted by atomic mass is 10.2. The van der Waals surface area contributed by atoms with Crippen molar-refractivity contribution in [1.29, 1.82) is 0 Å². The molecule has 4 heterocycles. The van der Waals surface area contributed by atoms with Gasteiger partial charge in [0.25, 0.3) is 5.91 Å². The highest BCUT2D eigenvalue weighted by molar-refractivity contribution is 6.03. The summed E-state index contributed by atoms with van der Waals surface area (Å²) >= 11 is 0. The highest BCUT2D eigenvalue weighted by Gasteiger charge is 2.55. The Kier molecular flexibility index (Phi) is 4.54. The van der Waals surface area contributed by atoms with Gasteiger partial charge in [-0.3, -0.25) is 4.79 Å². The zero-order chi connectivity index (χ0) is 21.0. The monoisotopic (exact) mass is 410 g/mol.